The number of carboxylic acid groups (broad SMARTS) is 1. The normalized spacial score (nSPS) is 11.1. The lowest BCUT2D eigenvalue weighted by atomic mass is 9.99. The topological polar surface area (TPSA) is 50.2 Å². The minimum Gasteiger partial charge on any atom is -0.478 e. The molecule has 0 atom stereocenters. The molecule has 0 aliphatic rings. The predicted molar refractivity (Wildman–Crippen MR) is 70.5 cm³/mol. The summed E-state index contributed by atoms with van der Waals surface area (Å²) in [6.45, 7) is 4.19. The zero-order valence-electron chi connectivity index (χ0n) is 9.57. The Hall–Kier alpha value is -1.42. The van der Waals surface area contributed by atoms with Crippen molar-refractivity contribution in [3.63, 3.8) is 0 Å². The molecular formula is C13H12BrNO2. The lowest BCUT2D eigenvalue weighted by Gasteiger charge is -2.10. The van der Waals surface area contributed by atoms with Crippen molar-refractivity contribution in [2.24, 2.45) is 0 Å². The fourth-order valence-corrected chi connectivity index (χ4v) is 2.42. The number of rotatable bonds is 2. The number of hydrogen-bond acceptors (Lipinski definition) is 2. The second-order valence-corrected chi connectivity index (χ2v) is 4.98. The molecule has 1 aromatic carbocycles. The maximum absolute atomic E-state index is 11.0. The number of pyridine rings is 1. The molecular weight excluding hydrogens is 282 g/mol. The van der Waals surface area contributed by atoms with Gasteiger partial charge in [0.2, 0.25) is 0 Å². The van der Waals surface area contributed by atoms with Gasteiger partial charge in [0.1, 0.15) is 0 Å². The summed E-state index contributed by atoms with van der Waals surface area (Å²) in [6.07, 6.45) is 1.40. The van der Waals surface area contributed by atoms with Crippen LogP contribution in [0.5, 0.6) is 0 Å². The number of carboxylic acids is 1. The number of hydrogen-bond donors (Lipinski definition) is 1. The minimum atomic E-state index is -0.971. The highest BCUT2D eigenvalue weighted by atomic mass is 79.9. The smallest absolute Gasteiger partial charge is 0.338 e. The highest BCUT2D eigenvalue weighted by Crippen LogP contribution is 2.30. The molecule has 3 nitrogen and oxygen atoms in total. The second kappa shape index (κ2) is 4.45. The molecule has 0 fully saturated rings. The van der Waals surface area contributed by atoms with Gasteiger partial charge in [-0.1, -0.05) is 32.0 Å². The summed E-state index contributed by atoms with van der Waals surface area (Å²) in [6, 6.07) is 5.83. The summed E-state index contributed by atoms with van der Waals surface area (Å²) in [5.41, 5.74) is 2.18. The number of halogens is 1. The Kier molecular flexibility index (Phi) is 3.15. The van der Waals surface area contributed by atoms with Gasteiger partial charge < -0.3 is 5.11 Å². The van der Waals surface area contributed by atoms with E-state index < -0.39 is 5.97 Å². The van der Waals surface area contributed by atoms with Crippen LogP contribution in [-0.2, 0) is 0 Å². The molecule has 4 heteroatoms. The van der Waals surface area contributed by atoms with E-state index in [9.17, 15) is 4.79 Å². The van der Waals surface area contributed by atoms with Crippen LogP contribution in [0.2, 0.25) is 0 Å². The third-order valence-electron chi connectivity index (χ3n) is 2.72. The fraction of sp³-hybridized carbons (Fsp3) is 0.231. The van der Waals surface area contributed by atoms with Crippen LogP contribution >= 0.6 is 15.9 Å². The van der Waals surface area contributed by atoms with E-state index in [1.54, 1.807) is 0 Å². The number of fused-ring (bicyclic) bond motifs is 1. The van der Waals surface area contributed by atoms with Crippen LogP contribution in [0, 0.1) is 0 Å². The zero-order chi connectivity index (χ0) is 12.6. The molecule has 0 amide bonds. The second-order valence-electron chi connectivity index (χ2n) is 4.19. The van der Waals surface area contributed by atoms with Crippen LogP contribution in [0.1, 0.15) is 35.7 Å². The van der Waals surface area contributed by atoms with Crippen molar-refractivity contribution in [3.8, 4) is 0 Å². The minimum absolute atomic E-state index is 0.193. The number of benzene rings is 1. The fourth-order valence-electron chi connectivity index (χ4n) is 1.83. The first-order chi connectivity index (χ1) is 8.02. The van der Waals surface area contributed by atoms with E-state index in [2.05, 4.69) is 34.8 Å². The van der Waals surface area contributed by atoms with Gasteiger partial charge in [-0.25, -0.2) is 4.79 Å². The SMILES string of the molecule is CC(C)c1cccc2c(Br)c(C(=O)O)cnc12. The van der Waals surface area contributed by atoms with Gasteiger partial charge >= 0.3 is 5.97 Å². The predicted octanol–water partition coefficient (Wildman–Crippen LogP) is 3.82. The number of nitrogens with zero attached hydrogens (tertiary/aromatic N) is 1. The van der Waals surface area contributed by atoms with Gasteiger partial charge in [-0.2, -0.15) is 0 Å². The largest absolute Gasteiger partial charge is 0.478 e. The maximum Gasteiger partial charge on any atom is 0.338 e. The molecule has 0 bridgehead atoms. The quantitative estimate of drug-likeness (QED) is 0.916. The van der Waals surface area contributed by atoms with Gasteiger partial charge in [-0.05, 0) is 27.4 Å². The van der Waals surface area contributed by atoms with Gasteiger partial charge in [0.25, 0.3) is 0 Å². The number of carbonyl (C=O) groups is 1. The Morgan fingerprint density at radius 1 is 1.41 bits per heavy atom. The molecule has 2 rings (SSSR count). The summed E-state index contributed by atoms with van der Waals surface area (Å²) >= 11 is 3.34. The Morgan fingerprint density at radius 3 is 2.71 bits per heavy atom. The Balaban J connectivity index is 2.80. The van der Waals surface area contributed by atoms with Crippen molar-refractivity contribution >= 4 is 32.8 Å². The van der Waals surface area contributed by atoms with Crippen molar-refractivity contribution < 1.29 is 9.90 Å². The molecule has 0 saturated carbocycles. The van der Waals surface area contributed by atoms with E-state index in [-0.39, 0.29) is 5.56 Å². The van der Waals surface area contributed by atoms with Crippen LogP contribution in [0.4, 0.5) is 0 Å². The van der Waals surface area contributed by atoms with Crippen molar-refractivity contribution in [1.29, 1.82) is 0 Å². The summed E-state index contributed by atoms with van der Waals surface area (Å²) in [4.78, 5) is 15.3. The standard InChI is InChI=1S/C13H12BrNO2/c1-7(2)8-4-3-5-9-11(14)10(13(16)17)6-15-12(8)9/h3-7H,1-2H3,(H,16,17). The molecule has 0 saturated heterocycles. The Bertz CT molecular complexity index is 593. The lowest BCUT2D eigenvalue weighted by molar-refractivity contribution is 0.0695. The molecule has 0 aliphatic heterocycles. The molecule has 0 unspecified atom stereocenters. The van der Waals surface area contributed by atoms with Gasteiger partial charge in [0.05, 0.1) is 11.1 Å². The summed E-state index contributed by atoms with van der Waals surface area (Å²) in [5.74, 6) is -0.616. The van der Waals surface area contributed by atoms with Gasteiger partial charge in [-0.3, -0.25) is 4.98 Å². The molecule has 1 N–H and O–H groups in total. The molecule has 0 aliphatic carbocycles. The van der Waals surface area contributed by atoms with Crippen LogP contribution in [0.3, 0.4) is 0 Å². The maximum atomic E-state index is 11.0. The van der Waals surface area contributed by atoms with E-state index in [0.717, 1.165) is 16.5 Å². The molecule has 88 valence electrons. The van der Waals surface area contributed by atoms with Crippen LogP contribution < -0.4 is 0 Å². The van der Waals surface area contributed by atoms with Crippen LogP contribution in [-0.4, -0.2) is 16.1 Å². The first-order valence-electron chi connectivity index (χ1n) is 5.32. The third-order valence-corrected chi connectivity index (χ3v) is 3.57. The Labute approximate surface area is 108 Å². The first-order valence-corrected chi connectivity index (χ1v) is 6.12. The zero-order valence-corrected chi connectivity index (χ0v) is 11.2. The molecule has 0 radical (unpaired) electrons. The average Bonchev–Trinajstić information content (AvgIpc) is 2.28. The highest BCUT2D eigenvalue weighted by Gasteiger charge is 2.14. The number of para-hydroxylation sites is 1. The van der Waals surface area contributed by atoms with E-state index in [1.165, 1.54) is 6.20 Å². The van der Waals surface area contributed by atoms with Gasteiger partial charge in [0, 0.05) is 16.1 Å². The highest BCUT2D eigenvalue weighted by molar-refractivity contribution is 9.10. The van der Waals surface area contributed by atoms with Gasteiger partial charge in [-0.15, -0.1) is 0 Å². The number of aromatic carboxylic acids is 1. The van der Waals surface area contributed by atoms with Crippen molar-refractivity contribution in [3.05, 3.63) is 40.0 Å². The van der Waals surface area contributed by atoms with E-state index in [4.69, 9.17) is 5.11 Å². The van der Waals surface area contributed by atoms with E-state index in [0.29, 0.717) is 10.4 Å². The summed E-state index contributed by atoms with van der Waals surface area (Å²) < 4.78 is 0.595. The van der Waals surface area contributed by atoms with Crippen LogP contribution in [0.25, 0.3) is 10.9 Å². The Morgan fingerprint density at radius 2 is 2.12 bits per heavy atom. The molecule has 2 aromatic rings. The van der Waals surface area contributed by atoms with Crippen LogP contribution in [0.15, 0.2) is 28.9 Å². The molecule has 1 heterocycles. The van der Waals surface area contributed by atoms with Crippen molar-refractivity contribution in [2.45, 2.75) is 19.8 Å². The monoisotopic (exact) mass is 293 g/mol. The molecule has 17 heavy (non-hydrogen) atoms. The van der Waals surface area contributed by atoms with E-state index in [1.807, 2.05) is 18.2 Å². The number of aromatic nitrogens is 1. The third kappa shape index (κ3) is 2.05. The average molecular weight is 294 g/mol. The molecule has 0 spiro atoms. The van der Waals surface area contributed by atoms with E-state index >= 15 is 0 Å². The first kappa shape index (κ1) is 12.0. The summed E-state index contributed by atoms with van der Waals surface area (Å²) in [7, 11) is 0. The molecule has 1 aromatic heterocycles. The van der Waals surface area contributed by atoms with Crippen molar-refractivity contribution in [2.75, 3.05) is 0 Å². The lowest BCUT2D eigenvalue weighted by Crippen LogP contribution is -2.01. The summed E-state index contributed by atoms with van der Waals surface area (Å²) in [5, 5.41) is 9.88. The van der Waals surface area contributed by atoms with Gasteiger partial charge in [0.15, 0.2) is 0 Å². The van der Waals surface area contributed by atoms with Crippen molar-refractivity contribution in [1.82, 2.24) is 4.98 Å².